The summed E-state index contributed by atoms with van der Waals surface area (Å²) in [7, 11) is 1.60. The summed E-state index contributed by atoms with van der Waals surface area (Å²) in [6.07, 6.45) is 11.0. The Morgan fingerprint density at radius 1 is 1.05 bits per heavy atom. The second kappa shape index (κ2) is 12.2. The van der Waals surface area contributed by atoms with Gasteiger partial charge in [0.25, 0.3) is 0 Å². The predicted octanol–water partition coefficient (Wildman–Crippen LogP) is 3.99. The number of benzene rings is 1. The monoisotopic (exact) mass is 592 g/mol. The van der Waals surface area contributed by atoms with Crippen LogP contribution in [0.1, 0.15) is 65.7 Å². The molecule has 1 aromatic rings. The highest BCUT2D eigenvalue weighted by Crippen LogP contribution is 2.55. The fourth-order valence-electron chi connectivity index (χ4n) is 8.51. The zero-order valence-corrected chi connectivity index (χ0v) is 26.1. The standard InChI is InChI=1S/C34H48N4O5/c1-5-24-10-6-7-18-37(24)19-20-38-30(32(40)36-26-11-8-9-21(2)22(26)3)34-17-16-27(43-34)28(29(34)33(38)41)31(39)35-23-12-14-25(42-4)15-13-23/h12-17,21-22,24,26-30H,5-11,18-20H2,1-4H3,(H,35,39)(H,36,40)/t21-,22-,24+,26+,27-,28+,29-,30-,34-/m0/s1. The van der Waals surface area contributed by atoms with Crippen molar-refractivity contribution >= 4 is 23.4 Å². The van der Waals surface area contributed by atoms with Crippen molar-refractivity contribution in [2.45, 2.75) is 95.5 Å². The molecule has 6 rings (SSSR count). The van der Waals surface area contributed by atoms with Crippen molar-refractivity contribution in [1.29, 1.82) is 0 Å². The Bertz CT molecular complexity index is 1240. The summed E-state index contributed by atoms with van der Waals surface area (Å²) in [6.45, 7) is 8.85. The van der Waals surface area contributed by atoms with E-state index in [0.29, 0.717) is 42.4 Å². The number of anilines is 1. The van der Waals surface area contributed by atoms with Crippen molar-refractivity contribution in [3.63, 3.8) is 0 Å². The van der Waals surface area contributed by atoms with Crippen molar-refractivity contribution < 1.29 is 23.9 Å². The summed E-state index contributed by atoms with van der Waals surface area (Å²) in [5, 5.41) is 6.36. The number of nitrogens with zero attached hydrogens (tertiary/aromatic N) is 2. The minimum atomic E-state index is -1.15. The number of likely N-dealkylation sites (tertiary alicyclic amines) is 2. The number of carbonyl (C=O) groups is 3. The second-order valence-corrected chi connectivity index (χ2v) is 13.4. The predicted molar refractivity (Wildman–Crippen MR) is 164 cm³/mol. The largest absolute Gasteiger partial charge is 0.497 e. The number of rotatable bonds is 9. The van der Waals surface area contributed by atoms with Gasteiger partial charge in [0.15, 0.2) is 0 Å². The Hall–Kier alpha value is -2.91. The lowest BCUT2D eigenvalue weighted by Crippen LogP contribution is -2.58. The molecular formula is C34H48N4O5. The van der Waals surface area contributed by atoms with E-state index in [4.69, 9.17) is 9.47 Å². The molecule has 0 radical (unpaired) electrons. The minimum Gasteiger partial charge on any atom is -0.497 e. The molecule has 2 bridgehead atoms. The molecule has 4 heterocycles. The highest BCUT2D eigenvalue weighted by molar-refractivity contribution is 6.02. The fraction of sp³-hybridized carbons (Fsp3) is 0.676. The van der Waals surface area contributed by atoms with E-state index in [9.17, 15) is 14.4 Å². The minimum absolute atomic E-state index is 0.0620. The lowest BCUT2D eigenvalue weighted by molar-refractivity contribution is -0.142. The molecule has 4 fully saturated rings. The lowest BCUT2D eigenvalue weighted by atomic mass is 9.73. The van der Waals surface area contributed by atoms with Crippen LogP contribution in [-0.4, -0.2) is 84.1 Å². The van der Waals surface area contributed by atoms with Crippen LogP contribution in [0, 0.1) is 23.7 Å². The van der Waals surface area contributed by atoms with E-state index in [-0.39, 0.29) is 23.8 Å². The molecule has 4 aliphatic heterocycles. The Morgan fingerprint density at radius 2 is 1.84 bits per heavy atom. The molecule has 3 saturated heterocycles. The number of piperidine rings is 1. The van der Waals surface area contributed by atoms with Gasteiger partial charge in [-0.3, -0.25) is 19.3 Å². The van der Waals surface area contributed by atoms with E-state index in [0.717, 1.165) is 32.2 Å². The molecule has 0 aromatic heterocycles. The van der Waals surface area contributed by atoms with Crippen LogP contribution in [0.25, 0.3) is 0 Å². The van der Waals surface area contributed by atoms with Gasteiger partial charge in [-0.25, -0.2) is 0 Å². The SMILES string of the molecule is CC[C@@H]1CCCCN1CCN1C(=O)[C@@H]2[C@H](C(=O)Nc3ccc(OC)cc3)[C@@H]3C=C[C@@]2(O3)[C@@H]1C(=O)N[C@@H]1CCC[C@H](C)[C@@H]1C. The van der Waals surface area contributed by atoms with Crippen molar-refractivity contribution in [3.8, 4) is 5.75 Å². The van der Waals surface area contributed by atoms with Crippen LogP contribution in [0.2, 0.25) is 0 Å². The van der Waals surface area contributed by atoms with E-state index in [1.807, 2.05) is 12.2 Å². The highest BCUT2D eigenvalue weighted by atomic mass is 16.5. The molecular weight excluding hydrogens is 544 g/mol. The van der Waals surface area contributed by atoms with Gasteiger partial charge in [0.2, 0.25) is 17.7 Å². The highest BCUT2D eigenvalue weighted by Gasteiger charge is 2.72. The number of nitrogens with one attached hydrogen (secondary N) is 2. The van der Waals surface area contributed by atoms with Gasteiger partial charge in [-0.15, -0.1) is 0 Å². The zero-order valence-electron chi connectivity index (χ0n) is 26.1. The van der Waals surface area contributed by atoms with E-state index in [1.165, 1.54) is 19.3 Å². The zero-order chi connectivity index (χ0) is 30.3. The normalized spacial score (nSPS) is 36.9. The van der Waals surface area contributed by atoms with Gasteiger partial charge in [-0.05, 0) is 68.3 Å². The van der Waals surface area contributed by atoms with Crippen molar-refractivity contribution in [2.24, 2.45) is 23.7 Å². The number of hydrogen-bond donors (Lipinski definition) is 2. The van der Waals surface area contributed by atoms with Crippen LogP contribution in [0.3, 0.4) is 0 Å². The topological polar surface area (TPSA) is 100 Å². The molecule has 9 atom stereocenters. The number of amides is 3. The molecule has 0 unspecified atom stereocenters. The Kier molecular flexibility index (Phi) is 8.57. The van der Waals surface area contributed by atoms with E-state index in [1.54, 1.807) is 36.3 Å². The maximum absolute atomic E-state index is 14.4. The fourth-order valence-corrected chi connectivity index (χ4v) is 8.51. The smallest absolute Gasteiger partial charge is 0.246 e. The van der Waals surface area contributed by atoms with E-state index in [2.05, 4.69) is 36.3 Å². The van der Waals surface area contributed by atoms with Crippen LogP contribution in [-0.2, 0) is 19.1 Å². The van der Waals surface area contributed by atoms with Gasteiger partial charge in [-0.1, -0.05) is 52.2 Å². The van der Waals surface area contributed by atoms with Gasteiger partial charge in [0.1, 0.15) is 17.4 Å². The maximum atomic E-state index is 14.4. The first-order chi connectivity index (χ1) is 20.8. The Morgan fingerprint density at radius 3 is 2.58 bits per heavy atom. The molecule has 43 heavy (non-hydrogen) atoms. The van der Waals surface area contributed by atoms with Gasteiger partial charge < -0.3 is 25.0 Å². The molecule has 234 valence electrons. The third-order valence-electron chi connectivity index (χ3n) is 11.2. The number of fused-ring (bicyclic) bond motifs is 1. The van der Waals surface area contributed by atoms with E-state index >= 15 is 0 Å². The third kappa shape index (κ3) is 5.37. The molecule has 1 aromatic carbocycles. The average molecular weight is 593 g/mol. The van der Waals surface area contributed by atoms with Crippen LogP contribution < -0.4 is 15.4 Å². The summed E-state index contributed by atoms with van der Waals surface area (Å²) in [4.78, 5) is 46.7. The van der Waals surface area contributed by atoms with Crippen molar-refractivity contribution in [1.82, 2.24) is 15.1 Å². The van der Waals surface area contributed by atoms with Crippen LogP contribution in [0.5, 0.6) is 5.75 Å². The van der Waals surface area contributed by atoms with Gasteiger partial charge in [0, 0.05) is 30.9 Å². The van der Waals surface area contributed by atoms with Gasteiger partial charge in [0.05, 0.1) is 25.0 Å². The number of ether oxygens (including phenoxy) is 2. The molecule has 2 N–H and O–H groups in total. The maximum Gasteiger partial charge on any atom is 0.246 e. The number of carbonyl (C=O) groups excluding carboxylic acids is 3. The molecule has 5 aliphatic rings. The third-order valence-corrected chi connectivity index (χ3v) is 11.2. The Balaban J connectivity index is 1.27. The average Bonchev–Trinajstić information content (AvgIpc) is 3.66. The van der Waals surface area contributed by atoms with Gasteiger partial charge in [-0.2, -0.15) is 0 Å². The van der Waals surface area contributed by atoms with Crippen LogP contribution in [0.15, 0.2) is 36.4 Å². The molecule has 1 aliphatic carbocycles. The summed E-state index contributed by atoms with van der Waals surface area (Å²) in [5.41, 5.74) is -0.525. The van der Waals surface area contributed by atoms with Gasteiger partial charge >= 0.3 is 0 Å². The summed E-state index contributed by atoms with van der Waals surface area (Å²) in [5.74, 6) is -0.465. The number of methoxy groups -OCH3 is 1. The Labute approximate surface area is 255 Å². The summed E-state index contributed by atoms with van der Waals surface area (Å²) in [6, 6.07) is 6.89. The quantitative estimate of drug-likeness (QED) is 0.421. The molecule has 1 spiro atoms. The first-order valence-corrected chi connectivity index (χ1v) is 16.4. The van der Waals surface area contributed by atoms with Crippen LogP contribution >= 0.6 is 0 Å². The molecule has 9 nitrogen and oxygen atoms in total. The first-order valence-electron chi connectivity index (χ1n) is 16.4. The summed E-state index contributed by atoms with van der Waals surface area (Å²) < 4.78 is 11.8. The van der Waals surface area contributed by atoms with Crippen molar-refractivity contribution in [2.75, 3.05) is 32.1 Å². The molecule has 3 amide bonds. The molecule has 1 saturated carbocycles. The van der Waals surface area contributed by atoms with Crippen molar-refractivity contribution in [3.05, 3.63) is 36.4 Å². The number of hydrogen-bond acceptors (Lipinski definition) is 6. The first kappa shape index (κ1) is 30.1. The summed E-state index contributed by atoms with van der Waals surface area (Å²) >= 11 is 0. The molecule has 9 heteroatoms. The van der Waals surface area contributed by atoms with Crippen LogP contribution in [0.4, 0.5) is 5.69 Å². The second-order valence-electron chi connectivity index (χ2n) is 13.4. The lowest BCUT2D eigenvalue weighted by Gasteiger charge is -2.39. The van der Waals surface area contributed by atoms with E-state index < -0.39 is 29.6 Å².